The fourth-order valence-corrected chi connectivity index (χ4v) is 2.03. The average Bonchev–Trinajstić information content (AvgIpc) is 2.47. The molecule has 0 unspecified atom stereocenters. The molecule has 0 aliphatic carbocycles. The molecule has 0 radical (unpaired) electrons. The fourth-order valence-electron chi connectivity index (χ4n) is 1.81. The first-order chi connectivity index (χ1) is 10.1. The number of halogens is 2. The molecule has 0 amide bonds. The number of carbonyl (C=O) groups excluding carboxylic acids is 1. The molecule has 0 N–H and O–H groups in total. The van der Waals surface area contributed by atoms with Crippen LogP contribution in [0.2, 0.25) is 5.02 Å². The monoisotopic (exact) mass is 304 g/mol. The summed E-state index contributed by atoms with van der Waals surface area (Å²) in [6.07, 6.45) is 2.69. The zero-order valence-corrected chi connectivity index (χ0v) is 12.2. The molecule has 2 aromatic rings. The molecule has 0 saturated heterocycles. The molecule has 0 fully saturated rings. The van der Waals surface area contributed by atoms with Crippen molar-refractivity contribution in [3.63, 3.8) is 0 Å². The van der Waals surface area contributed by atoms with Crippen LogP contribution in [0.25, 0.3) is 6.08 Å². The first-order valence-electron chi connectivity index (χ1n) is 6.51. The van der Waals surface area contributed by atoms with Crippen LogP contribution in [0, 0.1) is 5.82 Å². The number of ether oxygens (including phenoxy) is 1. The molecule has 0 aromatic heterocycles. The maximum Gasteiger partial charge on any atom is 0.185 e. The van der Waals surface area contributed by atoms with Crippen molar-refractivity contribution in [2.75, 3.05) is 6.61 Å². The summed E-state index contributed by atoms with van der Waals surface area (Å²) in [4.78, 5) is 12.0. The van der Waals surface area contributed by atoms with E-state index >= 15 is 0 Å². The van der Waals surface area contributed by atoms with Crippen LogP contribution in [-0.2, 0) is 0 Å². The van der Waals surface area contributed by atoms with E-state index in [0.29, 0.717) is 17.9 Å². The smallest absolute Gasteiger partial charge is 0.185 e. The lowest BCUT2D eigenvalue weighted by atomic mass is 10.1. The molecule has 0 aliphatic heterocycles. The quantitative estimate of drug-likeness (QED) is 0.587. The summed E-state index contributed by atoms with van der Waals surface area (Å²) in [6, 6.07) is 11.2. The third-order valence-corrected chi connectivity index (χ3v) is 3.18. The Kier molecular flexibility index (Phi) is 5.12. The Balaban J connectivity index is 2.15. The Morgan fingerprint density at radius 1 is 1.24 bits per heavy atom. The van der Waals surface area contributed by atoms with Gasteiger partial charge in [-0.25, -0.2) is 4.39 Å². The largest absolute Gasteiger partial charge is 0.494 e. The van der Waals surface area contributed by atoms with Crippen molar-refractivity contribution in [2.24, 2.45) is 0 Å². The number of rotatable bonds is 5. The number of ketones is 1. The number of allylic oxidation sites excluding steroid dienone is 1. The van der Waals surface area contributed by atoms with E-state index in [0.717, 1.165) is 0 Å². The zero-order chi connectivity index (χ0) is 15.2. The second-order valence-corrected chi connectivity index (χ2v) is 4.70. The van der Waals surface area contributed by atoms with Crippen LogP contribution < -0.4 is 4.74 Å². The van der Waals surface area contributed by atoms with Crippen LogP contribution in [0.1, 0.15) is 22.8 Å². The van der Waals surface area contributed by atoms with Gasteiger partial charge in [0.2, 0.25) is 0 Å². The van der Waals surface area contributed by atoms with Crippen LogP contribution in [0.5, 0.6) is 5.75 Å². The molecule has 21 heavy (non-hydrogen) atoms. The third kappa shape index (κ3) is 3.92. The lowest BCUT2D eigenvalue weighted by Crippen LogP contribution is -1.96. The van der Waals surface area contributed by atoms with Crippen molar-refractivity contribution < 1.29 is 13.9 Å². The van der Waals surface area contributed by atoms with Gasteiger partial charge in [-0.1, -0.05) is 17.7 Å². The second-order valence-electron chi connectivity index (χ2n) is 4.29. The molecule has 0 spiro atoms. The lowest BCUT2D eigenvalue weighted by molar-refractivity contribution is 0.104. The maximum absolute atomic E-state index is 13.6. The Bertz CT molecular complexity index is 643. The molecule has 0 atom stereocenters. The summed E-state index contributed by atoms with van der Waals surface area (Å²) in [5.41, 5.74) is 0.709. The predicted octanol–water partition coefficient (Wildman–Crippen LogP) is 4.77. The van der Waals surface area contributed by atoms with Gasteiger partial charge < -0.3 is 4.74 Å². The van der Waals surface area contributed by atoms with Crippen LogP contribution >= 0.6 is 11.6 Å². The minimum absolute atomic E-state index is 0.207. The average molecular weight is 305 g/mol. The lowest BCUT2D eigenvalue weighted by Gasteiger charge is -2.03. The number of benzene rings is 2. The molecule has 108 valence electrons. The third-order valence-electron chi connectivity index (χ3n) is 2.85. The van der Waals surface area contributed by atoms with E-state index in [1.807, 2.05) is 6.92 Å². The summed E-state index contributed by atoms with van der Waals surface area (Å²) < 4.78 is 18.9. The number of hydrogen-bond acceptors (Lipinski definition) is 2. The van der Waals surface area contributed by atoms with E-state index in [-0.39, 0.29) is 16.4 Å². The standard InChI is InChI=1S/C17H14ClFO2/c1-2-21-13-8-6-12(7-9-13)17(20)11-10-14-15(18)4-3-5-16(14)19/h3-11H,2H2,1H3/b11-10-. The van der Waals surface area contributed by atoms with Crippen LogP contribution in [0.3, 0.4) is 0 Å². The topological polar surface area (TPSA) is 26.3 Å². The molecule has 0 saturated carbocycles. The van der Waals surface area contributed by atoms with Gasteiger partial charge in [0.15, 0.2) is 5.78 Å². The Morgan fingerprint density at radius 3 is 2.57 bits per heavy atom. The molecule has 0 heterocycles. The molecular weight excluding hydrogens is 291 g/mol. The summed E-state index contributed by atoms with van der Waals surface area (Å²) in [5.74, 6) is 0.0192. The highest BCUT2D eigenvalue weighted by atomic mass is 35.5. The van der Waals surface area contributed by atoms with E-state index in [1.54, 1.807) is 30.3 Å². The minimum Gasteiger partial charge on any atom is -0.494 e. The molecular formula is C17H14ClFO2. The van der Waals surface area contributed by atoms with Crippen molar-refractivity contribution in [3.05, 3.63) is 70.5 Å². The zero-order valence-electron chi connectivity index (χ0n) is 11.5. The first-order valence-corrected chi connectivity index (χ1v) is 6.89. The van der Waals surface area contributed by atoms with Crippen molar-refractivity contribution in [2.45, 2.75) is 6.92 Å². The molecule has 2 aromatic carbocycles. The van der Waals surface area contributed by atoms with Gasteiger partial charge in [-0.05, 0) is 55.5 Å². The van der Waals surface area contributed by atoms with Gasteiger partial charge in [-0.15, -0.1) is 0 Å². The molecule has 0 bridgehead atoms. The normalized spacial score (nSPS) is 10.8. The SMILES string of the molecule is CCOc1ccc(C(=O)/C=C\c2c(F)cccc2Cl)cc1. The van der Waals surface area contributed by atoms with E-state index in [4.69, 9.17) is 16.3 Å². The van der Waals surface area contributed by atoms with E-state index in [2.05, 4.69) is 0 Å². The second kappa shape index (κ2) is 7.04. The summed E-state index contributed by atoms with van der Waals surface area (Å²) in [6.45, 7) is 2.46. The molecule has 4 heteroatoms. The highest BCUT2D eigenvalue weighted by Crippen LogP contribution is 2.21. The van der Waals surface area contributed by atoms with E-state index in [9.17, 15) is 9.18 Å². The van der Waals surface area contributed by atoms with E-state index < -0.39 is 5.82 Å². The van der Waals surface area contributed by atoms with Gasteiger partial charge >= 0.3 is 0 Å². The van der Waals surface area contributed by atoms with Gasteiger partial charge in [0, 0.05) is 11.1 Å². The van der Waals surface area contributed by atoms with Gasteiger partial charge in [0.05, 0.1) is 11.6 Å². The Hall–Kier alpha value is -2.13. The van der Waals surface area contributed by atoms with Crippen molar-refractivity contribution in [3.8, 4) is 5.75 Å². The Morgan fingerprint density at radius 2 is 1.95 bits per heavy atom. The van der Waals surface area contributed by atoms with Crippen molar-refractivity contribution in [1.29, 1.82) is 0 Å². The first kappa shape index (κ1) is 15.3. The van der Waals surface area contributed by atoms with Gasteiger partial charge in [0.25, 0.3) is 0 Å². The maximum atomic E-state index is 13.6. The van der Waals surface area contributed by atoms with Crippen LogP contribution in [0.15, 0.2) is 48.5 Å². The highest BCUT2D eigenvalue weighted by molar-refractivity contribution is 6.32. The minimum atomic E-state index is -0.460. The number of hydrogen-bond donors (Lipinski definition) is 0. The summed E-state index contributed by atoms with van der Waals surface area (Å²) in [5, 5.41) is 0.269. The van der Waals surface area contributed by atoms with Gasteiger partial charge in [-0.2, -0.15) is 0 Å². The fraction of sp³-hybridized carbons (Fsp3) is 0.118. The predicted molar refractivity (Wildman–Crippen MR) is 82.4 cm³/mol. The summed E-state index contributed by atoms with van der Waals surface area (Å²) in [7, 11) is 0. The van der Waals surface area contributed by atoms with Crippen LogP contribution in [0.4, 0.5) is 4.39 Å². The van der Waals surface area contributed by atoms with Crippen molar-refractivity contribution >= 4 is 23.5 Å². The molecule has 2 rings (SSSR count). The van der Waals surface area contributed by atoms with E-state index in [1.165, 1.54) is 24.3 Å². The van der Waals surface area contributed by atoms with Crippen LogP contribution in [-0.4, -0.2) is 12.4 Å². The molecule has 2 nitrogen and oxygen atoms in total. The molecule has 0 aliphatic rings. The Labute approximate surface area is 127 Å². The highest BCUT2D eigenvalue weighted by Gasteiger charge is 2.06. The van der Waals surface area contributed by atoms with Crippen molar-refractivity contribution in [1.82, 2.24) is 0 Å². The summed E-state index contributed by atoms with van der Waals surface area (Å²) >= 11 is 5.90. The van der Waals surface area contributed by atoms with Gasteiger partial charge in [0.1, 0.15) is 11.6 Å². The number of carbonyl (C=O) groups is 1. The van der Waals surface area contributed by atoms with Gasteiger partial charge in [-0.3, -0.25) is 4.79 Å².